The van der Waals surface area contributed by atoms with Crippen LogP contribution in [0.4, 0.5) is 5.69 Å². The van der Waals surface area contributed by atoms with Crippen LogP contribution >= 0.6 is 11.6 Å². The lowest BCUT2D eigenvalue weighted by atomic mass is 10.3. The third-order valence-electron chi connectivity index (χ3n) is 3.08. The Balaban J connectivity index is 1.96. The standard InChI is InChI=1S/C15H13ClN4O/c1-9-7-14-17-13(8-10(2)20(14)19-9)15(21)18-12-6-4-3-5-11(12)16/h3-8H,1-2H3,(H,18,21). The number of anilines is 1. The zero-order valence-corrected chi connectivity index (χ0v) is 12.3. The lowest BCUT2D eigenvalue weighted by Crippen LogP contribution is -2.15. The second-order valence-electron chi connectivity index (χ2n) is 4.77. The summed E-state index contributed by atoms with van der Waals surface area (Å²) in [6.07, 6.45) is 0. The van der Waals surface area contributed by atoms with Gasteiger partial charge in [0.25, 0.3) is 5.91 Å². The van der Waals surface area contributed by atoms with Gasteiger partial charge < -0.3 is 5.32 Å². The van der Waals surface area contributed by atoms with Gasteiger partial charge in [0, 0.05) is 11.8 Å². The van der Waals surface area contributed by atoms with Gasteiger partial charge in [0.15, 0.2) is 5.65 Å². The minimum atomic E-state index is -0.299. The van der Waals surface area contributed by atoms with E-state index in [0.717, 1.165) is 11.4 Å². The molecule has 0 atom stereocenters. The first-order chi connectivity index (χ1) is 10.0. The summed E-state index contributed by atoms with van der Waals surface area (Å²) in [6.45, 7) is 3.77. The maximum Gasteiger partial charge on any atom is 0.274 e. The molecular weight excluding hydrogens is 288 g/mol. The van der Waals surface area contributed by atoms with E-state index in [9.17, 15) is 4.79 Å². The van der Waals surface area contributed by atoms with E-state index in [4.69, 9.17) is 11.6 Å². The molecule has 0 bridgehead atoms. The van der Waals surface area contributed by atoms with Crippen molar-refractivity contribution >= 4 is 28.8 Å². The minimum absolute atomic E-state index is 0.299. The molecule has 21 heavy (non-hydrogen) atoms. The summed E-state index contributed by atoms with van der Waals surface area (Å²) in [5.74, 6) is -0.299. The summed E-state index contributed by atoms with van der Waals surface area (Å²) >= 11 is 6.04. The van der Waals surface area contributed by atoms with E-state index in [1.807, 2.05) is 32.0 Å². The highest BCUT2D eigenvalue weighted by Gasteiger charge is 2.13. The largest absolute Gasteiger partial charge is 0.319 e. The van der Waals surface area contributed by atoms with Gasteiger partial charge >= 0.3 is 0 Å². The number of rotatable bonds is 2. The molecule has 0 aliphatic carbocycles. The quantitative estimate of drug-likeness (QED) is 0.790. The maximum absolute atomic E-state index is 12.3. The summed E-state index contributed by atoms with van der Waals surface area (Å²) in [6, 6.07) is 10.6. The van der Waals surface area contributed by atoms with Gasteiger partial charge in [-0.3, -0.25) is 4.79 Å². The highest BCUT2D eigenvalue weighted by molar-refractivity contribution is 6.33. The van der Waals surface area contributed by atoms with Crippen LogP contribution in [0.25, 0.3) is 5.65 Å². The summed E-state index contributed by atoms with van der Waals surface area (Å²) in [5.41, 5.74) is 3.25. The van der Waals surface area contributed by atoms with Crippen LogP contribution in [0.3, 0.4) is 0 Å². The van der Waals surface area contributed by atoms with Crippen LogP contribution in [-0.2, 0) is 0 Å². The van der Waals surface area contributed by atoms with Crippen molar-refractivity contribution in [2.24, 2.45) is 0 Å². The highest BCUT2D eigenvalue weighted by Crippen LogP contribution is 2.21. The number of aryl methyl sites for hydroxylation is 2. The average Bonchev–Trinajstić information content (AvgIpc) is 2.82. The monoisotopic (exact) mass is 300 g/mol. The van der Waals surface area contributed by atoms with Crippen molar-refractivity contribution in [3.63, 3.8) is 0 Å². The summed E-state index contributed by atoms with van der Waals surface area (Å²) < 4.78 is 1.71. The van der Waals surface area contributed by atoms with Crippen LogP contribution in [0.5, 0.6) is 0 Å². The predicted octanol–water partition coefficient (Wildman–Crippen LogP) is 3.25. The molecule has 5 nitrogen and oxygen atoms in total. The van der Waals surface area contributed by atoms with Gasteiger partial charge in [-0.25, -0.2) is 9.50 Å². The molecule has 6 heteroatoms. The Bertz CT molecular complexity index is 841. The van der Waals surface area contributed by atoms with Gasteiger partial charge in [0.05, 0.1) is 16.4 Å². The summed E-state index contributed by atoms with van der Waals surface area (Å²) in [5, 5.41) is 7.56. The normalized spacial score (nSPS) is 10.8. The first-order valence-electron chi connectivity index (χ1n) is 6.44. The third kappa shape index (κ3) is 2.60. The second-order valence-corrected chi connectivity index (χ2v) is 5.18. The van der Waals surface area contributed by atoms with Crippen molar-refractivity contribution in [3.05, 3.63) is 58.5 Å². The van der Waals surface area contributed by atoms with Crippen LogP contribution in [0, 0.1) is 13.8 Å². The molecule has 0 unspecified atom stereocenters. The first kappa shape index (κ1) is 13.6. The molecule has 0 saturated heterocycles. The van der Waals surface area contributed by atoms with Gasteiger partial charge in [0.1, 0.15) is 5.69 Å². The molecule has 1 amide bonds. The summed E-state index contributed by atoms with van der Waals surface area (Å²) in [4.78, 5) is 16.6. The number of halogens is 1. The van der Waals surface area contributed by atoms with Crippen molar-refractivity contribution < 1.29 is 4.79 Å². The number of hydrogen-bond acceptors (Lipinski definition) is 3. The van der Waals surface area contributed by atoms with E-state index < -0.39 is 0 Å². The predicted molar refractivity (Wildman–Crippen MR) is 81.9 cm³/mol. The summed E-state index contributed by atoms with van der Waals surface area (Å²) in [7, 11) is 0. The Morgan fingerprint density at radius 2 is 2.00 bits per heavy atom. The zero-order chi connectivity index (χ0) is 15.0. The van der Waals surface area contributed by atoms with E-state index in [1.165, 1.54) is 0 Å². The SMILES string of the molecule is Cc1cc2nc(C(=O)Nc3ccccc3Cl)cc(C)n2n1. The average molecular weight is 301 g/mol. The zero-order valence-electron chi connectivity index (χ0n) is 11.6. The number of nitrogens with one attached hydrogen (secondary N) is 1. The van der Waals surface area contributed by atoms with Gasteiger partial charge in [-0.2, -0.15) is 5.10 Å². The molecule has 0 fully saturated rings. The molecule has 0 spiro atoms. The number of carbonyl (C=O) groups excluding carboxylic acids is 1. The van der Waals surface area contributed by atoms with Crippen molar-refractivity contribution in [3.8, 4) is 0 Å². The van der Waals surface area contributed by atoms with Crippen LogP contribution in [-0.4, -0.2) is 20.5 Å². The fourth-order valence-corrected chi connectivity index (χ4v) is 2.29. The Labute approximate surface area is 126 Å². The first-order valence-corrected chi connectivity index (χ1v) is 6.82. The number of para-hydroxylation sites is 1. The van der Waals surface area contributed by atoms with Crippen molar-refractivity contribution in [2.45, 2.75) is 13.8 Å². The van der Waals surface area contributed by atoms with Gasteiger partial charge in [0.2, 0.25) is 0 Å². The van der Waals surface area contributed by atoms with Gasteiger partial charge in [-0.1, -0.05) is 23.7 Å². The van der Waals surface area contributed by atoms with Crippen LogP contribution in [0.2, 0.25) is 5.02 Å². The molecule has 1 aromatic carbocycles. The Morgan fingerprint density at radius 1 is 1.24 bits per heavy atom. The number of benzene rings is 1. The van der Waals surface area contributed by atoms with Crippen molar-refractivity contribution in [1.29, 1.82) is 0 Å². The van der Waals surface area contributed by atoms with Crippen LogP contribution in [0.15, 0.2) is 36.4 Å². The lowest BCUT2D eigenvalue weighted by molar-refractivity contribution is 0.102. The molecule has 0 radical (unpaired) electrons. The third-order valence-corrected chi connectivity index (χ3v) is 3.41. The van der Waals surface area contributed by atoms with E-state index in [-0.39, 0.29) is 5.91 Å². The number of amides is 1. The van der Waals surface area contributed by atoms with Gasteiger partial charge in [-0.05, 0) is 32.0 Å². The Hall–Kier alpha value is -2.40. The molecule has 0 aliphatic heterocycles. The molecule has 3 aromatic rings. The molecule has 2 heterocycles. The van der Waals surface area contributed by atoms with E-state index in [0.29, 0.717) is 22.1 Å². The highest BCUT2D eigenvalue weighted by atomic mass is 35.5. The maximum atomic E-state index is 12.3. The van der Waals surface area contributed by atoms with Gasteiger partial charge in [-0.15, -0.1) is 0 Å². The minimum Gasteiger partial charge on any atom is -0.319 e. The number of fused-ring (bicyclic) bond motifs is 1. The smallest absolute Gasteiger partial charge is 0.274 e. The van der Waals surface area contributed by atoms with E-state index >= 15 is 0 Å². The van der Waals surface area contributed by atoms with E-state index in [1.54, 1.807) is 22.7 Å². The number of carbonyl (C=O) groups is 1. The molecule has 0 aliphatic rings. The van der Waals surface area contributed by atoms with E-state index in [2.05, 4.69) is 15.4 Å². The molecule has 1 N–H and O–H groups in total. The van der Waals surface area contributed by atoms with Crippen LogP contribution in [0.1, 0.15) is 21.9 Å². The molecule has 3 rings (SSSR count). The second kappa shape index (κ2) is 5.18. The Kier molecular flexibility index (Phi) is 3.35. The fraction of sp³-hybridized carbons (Fsp3) is 0.133. The Morgan fingerprint density at radius 3 is 2.76 bits per heavy atom. The molecule has 0 saturated carbocycles. The molecular formula is C15H13ClN4O. The number of hydrogen-bond donors (Lipinski definition) is 1. The van der Waals surface area contributed by atoms with Crippen molar-refractivity contribution in [1.82, 2.24) is 14.6 Å². The fourth-order valence-electron chi connectivity index (χ4n) is 2.10. The molecule has 2 aromatic heterocycles. The van der Waals surface area contributed by atoms with Crippen LogP contribution < -0.4 is 5.32 Å². The number of nitrogens with zero attached hydrogens (tertiary/aromatic N) is 3. The molecule has 106 valence electrons. The van der Waals surface area contributed by atoms with Crippen molar-refractivity contribution in [2.75, 3.05) is 5.32 Å². The topological polar surface area (TPSA) is 59.3 Å². The lowest BCUT2D eigenvalue weighted by Gasteiger charge is -2.07. The number of aromatic nitrogens is 3.